The second kappa shape index (κ2) is 7.29. The molecule has 0 aliphatic rings. The molecule has 0 aliphatic heterocycles. The molecule has 0 fully saturated rings. The van der Waals surface area contributed by atoms with Gasteiger partial charge >= 0.3 is 11.9 Å². The Balaban J connectivity index is 4.74. The number of likely N-dealkylation sites (N-methyl/N-ethyl adjacent to an activating group) is 1. The summed E-state index contributed by atoms with van der Waals surface area (Å²) >= 11 is 0. The van der Waals surface area contributed by atoms with Crippen molar-refractivity contribution >= 4 is 22.1 Å². The van der Waals surface area contributed by atoms with Crippen LogP contribution >= 0.6 is 0 Å². The fourth-order valence-electron chi connectivity index (χ4n) is 1.13. The number of carboxylic acid groups (broad SMARTS) is 1. The minimum absolute atomic E-state index is 0.0921. The Morgan fingerprint density at radius 3 is 2.28 bits per heavy atom. The Morgan fingerprint density at radius 1 is 1.33 bits per heavy atom. The van der Waals surface area contributed by atoms with E-state index in [0.29, 0.717) is 0 Å². The predicted molar refractivity (Wildman–Crippen MR) is 63.1 cm³/mol. The normalized spacial score (nSPS) is 11.8. The van der Waals surface area contributed by atoms with Crippen molar-refractivity contribution in [3.05, 3.63) is 0 Å². The average Bonchev–Trinajstić information content (AvgIpc) is 2.31. The molecule has 0 aromatic heterocycles. The van der Waals surface area contributed by atoms with Crippen LogP contribution in [0.15, 0.2) is 0 Å². The molecule has 0 radical (unpaired) electrons. The van der Waals surface area contributed by atoms with Gasteiger partial charge in [-0.05, 0) is 0 Å². The smallest absolute Gasteiger partial charge is 0.321 e. The first kappa shape index (κ1) is 16.8. The van der Waals surface area contributed by atoms with Crippen molar-refractivity contribution in [2.75, 3.05) is 33.8 Å². The highest BCUT2D eigenvalue weighted by atomic mass is 32.2. The first-order chi connectivity index (χ1) is 8.25. The fourth-order valence-corrected chi connectivity index (χ4v) is 2.44. The molecule has 0 amide bonds. The molecule has 0 saturated carbocycles. The van der Waals surface area contributed by atoms with Gasteiger partial charge in [0.05, 0.1) is 13.5 Å². The van der Waals surface area contributed by atoms with Gasteiger partial charge in [0, 0.05) is 20.1 Å². The third-order valence-electron chi connectivity index (χ3n) is 2.25. The summed E-state index contributed by atoms with van der Waals surface area (Å²) in [5.74, 6) is -1.76. The number of hydrogen-bond acceptors (Lipinski definition) is 5. The number of carbonyl (C=O) groups is 2. The molecular formula is C9H18N2O6S. The van der Waals surface area contributed by atoms with Crippen molar-refractivity contribution in [2.24, 2.45) is 0 Å². The lowest BCUT2D eigenvalue weighted by Crippen LogP contribution is -2.44. The van der Waals surface area contributed by atoms with Crippen LogP contribution in [-0.2, 0) is 24.5 Å². The van der Waals surface area contributed by atoms with Crippen molar-refractivity contribution in [1.82, 2.24) is 8.61 Å². The third-order valence-corrected chi connectivity index (χ3v) is 4.26. The number of carbonyl (C=O) groups excluding carboxylic acids is 1. The van der Waals surface area contributed by atoms with Crippen molar-refractivity contribution in [3.63, 3.8) is 0 Å². The first-order valence-electron chi connectivity index (χ1n) is 5.25. The van der Waals surface area contributed by atoms with E-state index < -0.39 is 28.7 Å². The quantitative estimate of drug-likeness (QED) is 0.580. The summed E-state index contributed by atoms with van der Waals surface area (Å²) in [6.07, 6.45) is -0.300. The highest BCUT2D eigenvalue weighted by Gasteiger charge is 2.27. The second-order valence-corrected chi connectivity index (χ2v) is 5.51. The molecule has 106 valence electrons. The number of nitrogens with zero attached hydrogens (tertiary/aromatic N) is 2. The standard InChI is InChI=1S/C9H18N2O6S/c1-4-11(7-9(14)17-3)18(15,16)10(2)6-5-8(12)13/h4-7H2,1-3H3,(H,12,13). The lowest BCUT2D eigenvalue weighted by molar-refractivity contribution is -0.141. The first-order valence-corrected chi connectivity index (χ1v) is 6.65. The van der Waals surface area contributed by atoms with E-state index in [9.17, 15) is 18.0 Å². The maximum atomic E-state index is 12.0. The van der Waals surface area contributed by atoms with E-state index in [1.54, 1.807) is 6.92 Å². The van der Waals surface area contributed by atoms with Gasteiger partial charge in [-0.25, -0.2) is 0 Å². The van der Waals surface area contributed by atoms with E-state index in [-0.39, 0.29) is 19.5 Å². The van der Waals surface area contributed by atoms with Crippen LogP contribution < -0.4 is 0 Å². The van der Waals surface area contributed by atoms with E-state index in [2.05, 4.69) is 4.74 Å². The molecule has 0 spiro atoms. The molecule has 8 nitrogen and oxygen atoms in total. The summed E-state index contributed by atoms with van der Waals surface area (Å²) in [6.45, 7) is 1.11. The number of esters is 1. The van der Waals surface area contributed by atoms with Crippen LogP contribution in [0.4, 0.5) is 0 Å². The largest absolute Gasteiger partial charge is 0.481 e. The molecular weight excluding hydrogens is 264 g/mol. The maximum absolute atomic E-state index is 12.0. The van der Waals surface area contributed by atoms with Crippen molar-refractivity contribution in [1.29, 1.82) is 0 Å². The minimum Gasteiger partial charge on any atom is -0.481 e. The molecule has 0 rings (SSSR count). The highest BCUT2D eigenvalue weighted by Crippen LogP contribution is 2.07. The van der Waals surface area contributed by atoms with Crippen LogP contribution in [0.2, 0.25) is 0 Å². The molecule has 18 heavy (non-hydrogen) atoms. The van der Waals surface area contributed by atoms with Crippen molar-refractivity contribution in [3.8, 4) is 0 Å². The topological polar surface area (TPSA) is 104 Å². The number of rotatable bonds is 8. The van der Waals surface area contributed by atoms with E-state index in [1.807, 2.05) is 0 Å². The number of aliphatic carboxylic acids is 1. The zero-order valence-corrected chi connectivity index (χ0v) is 11.4. The van der Waals surface area contributed by atoms with Gasteiger partial charge in [-0.3, -0.25) is 9.59 Å². The summed E-state index contributed by atoms with van der Waals surface area (Å²) < 4.78 is 30.2. The van der Waals surface area contributed by atoms with E-state index >= 15 is 0 Å². The molecule has 9 heteroatoms. The Hall–Kier alpha value is -1.19. The van der Waals surface area contributed by atoms with E-state index in [1.165, 1.54) is 7.05 Å². The predicted octanol–water partition coefficient (Wildman–Crippen LogP) is -0.867. The third kappa shape index (κ3) is 4.98. The van der Waals surface area contributed by atoms with E-state index in [0.717, 1.165) is 15.7 Å². The van der Waals surface area contributed by atoms with Crippen LogP contribution in [0, 0.1) is 0 Å². The van der Waals surface area contributed by atoms with Crippen LogP contribution in [-0.4, -0.2) is 67.9 Å². The van der Waals surface area contributed by atoms with Crippen molar-refractivity contribution < 1.29 is 27.9 Å². The molecule has 0 saturated heterocycles. The maximum Gasteiger partial charge on any atom is 0.321 e. The molecule has 0 atom stereocenters. The van der Waals surface area contributed by atoms with Gasteiger partial charge in [-0.2, -0.15) is 17.0 Å². The van der Waals surface area contributed by atoms with Gasteiger partial charge in [-0.1, -0.05) is 6.92 Å². The van der Waals surface area contributed by atoms with E-state index in [4.69, 9.17) is 5.11 Å². The summed E-state index contributed by atoms with van der Waals surface area (Å²) in [5, 5.41) is 8.50. The van der Waals surface area contributed by atoms with Gasteiger partial charge in [0.2, 0.25) is 0 Å². The van der Waals surface area contributed by atoms with Gasteiger partial charge in [0.25, 0.3) is 10.2 Å². The van der Waals surface area contributed by atoms with Crippen LogP contribution in [0.25, 0.3) is 0 Å². The Labute approximate surface area is 106 Å². The molecule has 0 bridgehead atoms. The summed E-state index contributed by atoms with van der Waals surface area (Å²) in [4.78, 5) is 21.5. The lowest BCUT2D eigenvalue weighted by Gasteiger charge is -2.25. The Bertz CT molecular complexity index is 394. The van der Waals surface area contributed by atoms with Gasteiger partial charge in [0.15, 0.2) is 0 Å². The molecule has 0 unspecified atom stereocenters. The molecule has 0 heterocycles. The zero-order chi connectivity index (χ0) is 14.3. The van der Waals surface area contributed by atoms with Crippen LogP contribution in [0.5, 0.6) is 0 Å². The monoisotopic (exact) mass is 282 g/mol. The minimum atomic E-state index is -3.85. The lowest BCUT2D eigenvalue weighted by atomic mass is 10.4. The average molecular weight is 282 g/mol. The van der Waals surface area contributed by atoms with Crippen LogP contribution in [0.3, 0.4) is 0 Å². The number of carboxylic acids is 1. The number of hydrogen-bond donors (Lipinski definition) is 1. The number of ether oxygens (including phenoxy) is 1. The summed E-state index contributed by atoms with van der Waals surface area (Å²) in [6, 6.07) is 0. The molecule has 0 aromatic rings. The molecule has 0 aromatic carbocycles. The summed E-state index contributed by atoms with van der Waals surface area (Å²) in [7, 11) is -1.42. The van der Waals surface area contributed by atoms with Gasteiger partial charge < -0.3 is 9.84 Å². The second-order valence-electron chi connectivity index (χ2n) is 3.48. The van der Waals surface area contributed by atoms with Gasteiger partial charge in [-0.15, -0.1) is 0 Å². The van der Waals surface area contributed by atoms with Gasteiger partial charge in [0.1, 0.15) is 6.54 Å². The SMILES string of the molecule is CCN(CC(=O)OC)S(=O)(=O)N(C)CCC(=O)O. The summed E-state index contributed by atoms with van der Waals surface area (Å²) in [5.41, 5.74) is 0. The Kier molecular flexibility index (Phi) is 6.81. The Morgan fingerprint density at radius 2 is 1.89 bits per heavy atom. The number of methoxy groups -OCH3 is 1. The highest BCUT2D eigenvalue weighted by molar-refractivity contribution is 7.86. The van der Waals surface area contributed by atoms with Crippen molar-refractivity contribution in [2.45, 2.75) is 13.3 Å². The fraction of sp³-hybridized carbons (Fsp3) is 0.778. The molecule has 0 aliphatic carbocycles. The zero-order valence-electron chi connectivity index (χ0n) is 10.6. The van der Waals surface area contributed by atoms with Crippen LogP contribution in [0.1, 0.15) is 13.3 Å². The molecule has 1 N–H and O–H groups in total.